The van der Waals surface area contributed by atoms with E-state index in [1.165, 1.54) is 17.7 Å². The number of halogens is 2. The molecular formula is C24H30ClFN4O2. The van der Waals surface area contributed by atoms with Crippen LogP contribution in [0.2, 0.25) is 5.02 Å². The summed E-state index contributed by atoms with van der Waals surface area (Å²) < 4.78 is 18.9. The highest BCUT2D eigenvalue weighted by atomic mass is 35.5. The predicted molar refractivity (Wildman–Crippen MR) is 123 cm³/mol. The minimum Gasteiger partial charge on any atom is -0.379 e. The molecule has 0 aromatic heterocycles. The lowest BCUT2D eigenvalue weighted by Crippen LogP contribution is -2.52. The van der Waals surface area contributed by atoms with Crippen molar-refractivity contribution < 1.29 is 13.9 Å². The van der Waals surface area contributed by atoms with Gasteiger partial charge in [-0.25, -0.2) is 9.18 Å². The first-order valence-electron chi connectivity index (χ1n) is 11.2. The van der Waals surface area contributed by atoms with Gasteiger partial charge >= 0.3 is 6.03 Å². The normalized spacial score (nSPS) is 19.0. The van der Waals surface area contributed by atoms with Gasteiger partial charge in [0.2, 0.25) is 0 Å². The van der Waals surface area contributed by atoms with Crippen molar-refractivity contribution in [3.05, 3.63) is 70.5 Å². The predicted octanol–water partition coefficient (Wildman–Crippen LogP) is 3.38. The molecule has 2 amide bonds. The van der Waals surface area contributed by atoms with Gasteiger partial charge in [0.05, 0.1) is 19.3 Å². The summed E-state index contributed by atoms with van der Waals surface area (Å²) in [6.45, 7) is 7.31. The van der Waals surface area contributed by atoms with E-state index in [9.17, 15) is 9.18 Å². The number of urea groups is 1. The minimum atomic E-state index is -0.255. The Morgan fingerprint density at radius 3 is 2.28 bits per heavy atom. The van der Waals surface area contributed by atoms with Crippen LogP contribution in [0.15, 0.2) is 48.5 Å². The number of hydrogen-bond donors (Lipinski definition) is 1. The van der Waals surface area contributed by atoms with Crippen LogP contribution >= 0.6 is 11.6 Å². The number of carbonyl (C=O) groups is 1. The van der Waals surface area contributed by atoms with Crippen LogP contribution in [0, 0.1) is 5.82 Å². The molecule has 1 N–H and O–H groups in total. The Labute approximate surface area is 193 Å². The molecule has 32 heavy (non-hydrogen) atoms. The Balaban J connectivity index is 1.29. The maximum atomic E-state index is 13.4. The van der Waals surface area contributed by atoms with Gasteiger partial charge in [-0.15, -0.1) is 0 Å². The van der Waals surface area contributed by atoms with E-state index in [0.29, 0.717) is 32.8 Å². The van der Waals surface area contributed by atoms with Crippen molar-refractivity contribution in [2.24, 2.45) is 0 Å². The highest BCUT2D eigenvalue weighted by Gasteiger charge is 2.26. The van der Waals surface area contributed by atoms with Gasteiger partial charge in [0.1, 0.15) is 5.82 Å². The third-order valence-corrected chi connectivity index (χ3v) is 6.42. The molecule has 0 saturated carbocycles. The maximum Gasteiger partial charge on any atom is 0.317 e. The summed E-state index contributed by atoms with van der Waals surface area (Å²) in [5.41, 5.74) is 2.22. The highest BCUT2D eigenvalue weighted by molar-refractivity contribution is 6.30. The molecule has 2 aliphatic heterocycles. The van der Waals surface area contributed by atoms with E-state index in [2.05, 4.69) is 15.1 Å². The standard InChI is InChI=1S/C24H30ClFN4O2/c25-21-5-1-19(2-6-21)18-28-9-11-30(12-10-28)24(31)27-17-23(29-13-15-32-16-14-29)20-3-7-22(26)8-4-20/h1-8,23H,9-18H2,(H,27,31)/t23-/m1/s1. The first kappa shape index (κ1) is 23.0. The summed E-state index contributed by atoms with van der Waals surface area (Å²) in [4.78, 5) is 19.4. The summed E-state index contributed by atoms with van der Waals surface area (Å²) in [5, 5.41) is 3.85. The van der Waals surface area contributed by atoms with Gasteiger partial charge in [-0.3, -0.25) is 9.80 Å². The zero-order chi connectivity index (χ0) is 22.3. The Morgan fingerprint density at radius 2 is 1.62 bits per heavy atom. The minimum absolute atomic E-state index is 0.00496. The van der Waals surface area contributed by atoms with Gasteiger partial charge in [-0.1, -0.05) is 35.9 Å². The van der Waals surface area contributed by atoms with Crippen molar-refractivity contribution in [2.45, 2.75) is 12.6 Å². The molecule has 2 saturated heterocycles. The Hall–Kier alpha value is -2.19. The lowest BCUT2D eigenvalue weighted by Gasteiger charge is -2.37. The molecule has 0 unspecified atom stereocenters. The molecule has 4 rings (SSSR count). The summed E-state index contributed by atoms with van der Waals surface area (Å²) >= 11 is 5.97. The molecular weight excluding hydrogens is 431 g/mol. The topological polar surface area (TPSA) is 48.1 Å². The zero-order valence-electron chi connectivity index (χ0n) is 18.2. The van der Waals surface area contributed by atoms with Gasteiger partial charge in [0, 0.05) is 57.4 Å². The average molecular weight is 461 g/mol. The molecule has 6 nitrogen and oxygen atoms in total. The fraction of sp³-hybridized carbons (Fsp3) is 0.458. The number of rotatable bonds is 6. The van der Waals surface area contributed by atoms with Crippen LogP contribution in [-0.2, 0) is 11.3 Å². The van der Waals surface area contributed by atoms with E-state index in [1.54, 1.807) is 12.1 Å². The second kappa shape index (κ2) is 11.1. The lowest BCUT2D eigenvalue weighted by atomic mass is 10.0. The van der Waals surface area contributed by atoms with Gasteiger partial charge in [0.15, 0.2) is 0 Å². The molecule has 172 valence electrons. The number of carbonyl (C=O) groups excluding carboxylic acids is 1. The van der Waals surface area contributed by atoms with E-state index in [1.807, 2.05) is 29.2 Å². The first-order valence-corrected chi connectivity index (χ1v) is 11.5. The van der Waals surface area contributed by atoms with Crippen molar-refractivity contribution in [1.82, 2.24) is 20.0 Å². The first-order chi connectivity index (χ1) is 15.6. The van der Waals surface area contributed by atoms with E-state index >= 15 is 0 Å². The number of benzene rings is 2. The number of piperazine rings is 1. The summed E-state index contributed by atoms with van der Waals surface area (Å²) in [5.74, 6) is -0.255. The van der Waals surface area contributed by atoms with E-state index in [-0.39, 0.29) is 17.9 Å². The average Bonchev–Trinajstić information content (AvgIpc) is 2.83. The molecule has 0 radical (unpaired) electrons. The maximum absolute atomic E-state index is 13.4. The quantitative estimate of drug-likeness (QED) is 0.718. The molecule has 0 bridgehead atoms. The van der Waals surface area contributed by atoms with Gasteiger partial charge in [-0.2, -0.15) is 0 Å². The number of morpholine rings is 1. The molecule has 8 heteroatoms. The van der Waals surface area contributed by atoms with E-state index < -0.39 is 0 Å². The van der Waals surface area contributed by atoms with Crippen molar-refractivity contribution >= 4 is 17.6 Å². The van der Waals surface area contributed by atoms with Crippen LogP contribution < -0.4 is 5.32 Å². The van der Waals surface area contributed by atoms with E-state index in [4.69, 9.17) is 16.3 Å². The number of nitrogens with one attached hydrogen (secondary N) is 1. The Bertz CT molecular complexity index is 867. The summed E-state index contributed by atoms with van der Waals surface area (Å²) in [6, 6.07) is 14.4. The third kappa shape index (κ3) is 6.19. The Morgan fingerprint density at radius 1 is 0.969 bits per heavy atom. The molecule has 0 spiro atoms. The third-order valence-electron chi connectivity index (χ3n) is 6.17. The van der Waals surface area contributed by atoms with Crippen molar-refractivity contribution in [1.29, 1.82) is 0 Å². The van der Waals surface area contributed by atoms with Crippen LogP contribution in [0.5, 0.6) is 0 Å². The van der Waals surface area contributed by atoms with Gasteiger partial charge < -0.3 is 15.0 Å². The monoisotopic (exact) mass is 460 g/mol. The Kier molecular flexibility index (Phi) is 7.97. The summed E-state index contributed by atoms with van der Waals surface area (Å²) in [7, 11) is 0. The SMILES string of the molecule is O=C(NC[C@H](c1ccc(F)cc1)N1CCOCC1)N1CCN(Cc2ccc(Cl)cc2)CC1. The molecule has 2 aliphatic rings. The smallest absolute Gasteiger partial charge is 0.317 e. The van der Waals surface area contributed by atoms with Crippen LogP contribution in [0.3, 0.4) is 0 Å². The van der Waals surface area contributed by atoms with Gasteiger partial charge in [-0.05, 0) is 35.4 Å². The van der Waals surface area contributed by atoms with Crippen molar-refractivity contribution in [2.75, 3.05) is 59.0 Å². The van der Waals surface area contributed by atoms with Crippen molar-refractivity contribution in [3.63, 3.8) is 0 Å². The number of nitrogens with zero attached hydrogens (tertiary/aromatic N) is 3. The molecule has 1 atom stereocenters. The molecule has 2 fully saturated rings. The fourth-order valence-electron chi connectivity index (χ4n) is 4.28. The lowest BCUT2D eigenvalue weighted by molar-refractivity contribution is 0.0163. The largest absolute Gasteiger partial charge is 0.379 e. The van der Waals surface area contributed by atoms with Crippen LogP contribution in [0.1, 0.15) is 17.2 Å². The van der Waals surface area contributed by atoms with Crippen LogP contribution in [0.4, 0.5) is 9.18 Å². The zero-order valence-corrected chi connectivity index (χ0v) is 18.9. The van der Waals surface area contributed by atoms with Gasteiger partial charge in [0.25, 0.3) is 0 Å². The summed E-state index contributed by atoms with van der Waals surface area (Å²) in [6.07, 6.45) is 0. The number of amides is 2. The second-order valence-corrected chi connectivity index (χ2v) is 8.73. The molecule has 2 aromatic carbocycles. The second-order valence-electron chi connectivity index (χ2n) is 8.29. The fourth-order valence-corrected chi connectivity index (χ4v) is 4.41. The van der Waals surface area contributed by atoms with E-state index in [0.717, 1.165) is 43.3 Å². The van der Waals surface area contributed by atoms with Crippen LogP contribution in [-0.4, -0.2) is 79.8 Å². The highest BCUT2D eigenvalue weighted by Crippen LogP contribution is 2.22. The molecule has 0 aliphatic carbocycles. The van der Waals surface area contributed by atoms with Crippen molar-refractivity contribution in [3.8, 4) is 0 Å². The number of hydrogen-bond acceptors (Lipinski definition) is 4. The molecule has 2 heterocycles. The van der Waals surface area contributed by atoms with Crippen LogP contribution in [0.25, 0.3) is 0 Å². The molecule has 2 aromatic rings. The number of ether oxygens (including phenoxy) is 1.